The minimum absolute atomic E-state index is 0.0352. The van der Waals surface area contributed by atoms with Crippen molar-refractivity contribution in [3.05, 3.63) is 57.5 Å². The molecule has 0 unspecified atom stereocenters. The van der Waals surface area contributed by atoms with Gasteiger partial charge in [-0.25, -0.2) is 0 Å². The zero-order valence-corrected chi connectivity index (χ0v) is 15.8. The summed E-state index contributed by atoms with van der Waals surface area (Å²) in [5.74, 6) is -0.261. The molecule has 1 aromatic carbocycles. The maximum atomic E-state index is 12.3. The number of nitro groups is 1. The largest absolute Gasteiger partial charge is 0.383 e. The van der Waals surface area contributed by atoms with Crippen molar-refractivity contribution < 1.29 is 9.72 Å². The van der Waals surface area contributed by atoms with E-state index in [1.807, 2.05) is 20.9 Å². The molecule has 3 rings (SSSR count). The van der Waals surface area contributed by atoms with E-state index in [-0.39, 0.29) is 11.6 Å². The van der Waals surface area contributed by atoms with Crippen LogP contribution in [0.5, 0.6) is 0 Å². The molecule has 0 aliphatic heterocycles. The minimum atomic E-state index is -0.447. The van der Waals surface area contributed by atoms with Crippen LogP contribution in [0.15, 0.2) is 30.3 Å². The Bertz CT molecular complexity index is 1000. The molecule has 10 heteroatoms. The van der Waals surface area contributed by atoms with Crippen LogP contribution in [0.2, 0.25) is 0 Å². The highest BCUT2D eigenvalue weighted by molar-refractivity contribution is 5.93. The second-order valence-corrected chi connectivity index (χ2v) is 6.32. The molecular formula is C18H21N7O3. The fraction of sp³-hybridized carbons (Fsp3) is 0.278. The van der Waals surface area contributed by atoms with Crippen LogP contribution in [-0.4, -0.2) is 43.9 Å². The van der Waals surface area contributed by atoms with Gasteiger partial charge in [0.2, 0.25) is 0 Å². The number of nitrogens with one attached hydrogen (secondary N) is 3. The molecule has 146 valence electrons. The van der Waals surface area contributed by atoms with E-state index in [9.17, 15) is 14.9 Å². The van der Waals surface area contributed by atoms with E-state index in [1.54, 1.807) is 22.9 Å². The number of anilines is 1. The van der Waals surface area contributed by atoms with Crippen molar-refractivity contribution in [3.63, 3.8) is 0 Å². The number of aryl methyl sites for hydroxylation is 2. The number of amides is 1. The van der Waals surface area contributed by atoms with Crippen LogP contribution >= 0.6 is 0 Å². The fourth-order valence-corrected chi connectivity index (χ4v) is 2.89. The van der Waals surface area contributed by atoms with Gasteiger partial charge in [0.15, 0.2) is 0 Å². The third-order valence-electron chi connectivity index (χ3n) is 4.41. The number of rotatable bonds is 7. The SMILES string of the molecule is Cc1nn(C)c(C)c1-c1cc(C(=O)NCCNc2ccc([N+](=O)[O-])cc2)[nH]n1. The number of benzene rings is 1. The molecule has 0 saturated heterocycles. The first kappa shape index (κ1) is 19.1. The average Bonchev–Trinajstić information content (AvgIpc) is 3.23. The smallest absolute Gasteiger partial charge is 0.269 e. The lowest BCUT2D eigenvalue weighted by atomic mass is 10.1. The van der Waals surface area contributed by atoms with Gasteiger partial charge in [0.25, 0.3) is 11.6 Å². The maximum Gasteiger partial charge on any atom is 0.269 e. The highest BCUT2D eigenvalue weighted by Gasteiger charge is 2.17. The Labute approximate surface area is 161 Å². The Morgan fingerprint density at radius 3 is 2.57 bits per heavy atom. The van der Waals surface area contributed by atoms with Crippen molar-refractivity contribution in [3.8, 4) is 11.3 Å². The predicted molar refractivity (Wildman–Crippen MR) is 104 cm³/mol. The van der Waals surface area contributed by atoms with Crippen molar-refractivity contribution in [1.82, 2.24) is 25.3 Å². The first-order valence-electron chi connectivity index (χ1n) is 8.69. The Morgan fingerprint density at radius 2 is 1.96 bits per heavy atom. The van der Waals surface area contributed by atoms with Gasteiger partial charge in [-0.3, -0.25) is 24.7 Å². The summed E-state index contributed by atoms with van der Waals surface area (Å²) in [6, 6.07) is 7.81. The van der Waals surface area contributed by atoms with E-state index >= 15 is 0 Å². The van der Waals surface area contributed by atoms with E-state index < -0.39 is 4.92 Å². The molecule has 0 atom stereocenters. The summed E-state index contributed by atoms with van der Waals surface area (Å²) in [4.78, 5) is 22.5. The molecule has 1 amide bonds. The summed E-state index contributed by atoms with van der Waals surface area (Å²) >= 11 is 0. The van der Waals surface area contributed by atoms with E-state index in [0.29, 0.717) is 24.5 Å². The quantitative estimate of drug-likeness (QED) is 0.326. The summed E-state index contributed by atoms with van der Waals surface area (Å²) in [7, 11) is 1.87. The molecule has 0 spiro atoms. The van der Waals surface area contributed by atoms with Crippen LogP contribution in [0.25, 0.3) is 11.3 Å². The highest BCUT2D eigenvalue weighted by Crippen LogP contribution is 2.25. The second kappa shape index (κ2) is 7.91. The molecule has 10 nitrogen and oxygen atoms in total. The highest BCUT2D eigenvalue weighted by atomic mass is 16.6. The van der Waals surface area contributed by atoms with Crippen LogP contribution in [-0.2, 0) is 7.05 Å². The van der Waals surface area contributed by atoms with Crippen LogP contribution in [0.4, 0.5) is 11.4 Å². The van der Waals surface area contributed by atoms with E-state index in [0.717, 1.165) is 22.6 Å². The zero-order chi connectivity index (χ0) is 20.3. The van der Waals surface area contributed by atoms with Gasteiger partial charge < -0.3 is 10.6 Å². The molecule has 0 saturated carbocycles. The van der Waals surface area contributed by atoms with Crippen molar-refractivity contribution in [1.29, 1.82) is 0 Å². The van der Waals surface area contributed by atoms with Crippen LogP contribution in [0.1, 0.15) is 21.9 Å². The summed E-state index contributed by atoms with van der Waals surface area (Å²) in [5.41, 5.74) is 4.57. The number of non-ortho nitro benzene ring substituents is 1. The predicted octanol–water partition coefficient (Wildman–Crippen LogP) is 2.18. The number of H-pyrrole nitrogens is 1. The molecule has 0 radical (unpaired) electrons. The Balaban J connectivity index is 1.53. The number of aromatic amines is 1. The van der Waals surface area contributed by atoms with Crippen LogP contribution < -0.4 is 10.6 Å². The Hall–Kier alpha value is -3.69. The molecule has 0 aliphatic rings. The molecule has 3 N–H and O–H groups in total. The molecule has 3 aromatic rings. The summed E-state index contributed by atoms with van der Waals surface area (Å²) in [6.45, 7) is 4.72. The van der Waals surface area contributed by atoms with Gasteiger partial charge in [-0.15, -0.1) is 0 Å². The Morgan fingerprint density at radius 1 is 1.25 bits per heavy atom. The van der Waals surface area contributed by atoms with Gasteiger partial charge >= 0.3 is 0 Å². The van der Waals surface area contributed by atoms with Gasteiger partial charge in [-0.05, 0) is 32.0 Å². The fourth-order valence-electron chi connectivity index (χ4n) is 2.89. The second-order valence-electron chi connectivity index (χ2n) is 6.32. The standard InChI is InChI=1S/C18H21N7O3/c1-11-17(12(2)24(3)23-11)15-10-16(22-21-15)18(26)20-9-8-19-13-4-6-14(7-5-13)25(27)28/h4-7,10,19H,8-9H2,1-3H3,(H,20,26)(H,21,22). The molecule has 2 heterocycles. The van der Waals surface area contributed by atoms with E-state index in [2.05, 4.69) is 25.9 Å². The van der Waals surface area contributed by atoms with E-state index in [1.165, 1.54) is 12.1 Å². The van der Waals surface area contributed by atoms with Crippen molar-refractivity contribution in [2.75, 3.05) is 18.4 Å². The summed E-state index contributed by atoms with van der Waals surface area (Å²) in [6.07, 6.45) is 0. The topological polar surface area (TPSA) is 131 Å². The number of hydrogen-bond acceptors (Lipinski definition) is 6. The maximum absolute atomic E-state index is 12.3. The van der Waals surface area contributed by atoms with Crippen molar-refractivity contribution >= 4 is 17.3 Å². The third kappa shape index (κ3) is 4.00. The number of carbonyl (C=O) groups is 1. The number of nitro benzene ring substituents is 1. The van der Waals surface area contributed by atoms with E-state index in [4.69, 9.17) is 0 Å². The van der Waals surface area contributed by atoms with Crippen molar-refractivity contribution in [2.24, 2.45) is 7.05 Å². The van der Waals surface area contributed by atoms with Gasteiger partial charge in [0.05, 0.1) is 16.3 Å². The van der Waals surface area contributed by atoms with Gasteiger partial charge in [-0.2, -0.15) is 10.2 Å². The number of nitrogens with zero attached hydrogens (tertiary/aromatic N) is 4. The van der Waals surface area contributed by atoms with Crippen molar-refractivity contribution in [2.45, 2.75) is 13.8 Å². The monoisotopic (exact) mass is 383 g/mol. The number of hydrogen-bond donors (Lipinski definition) is 3. The normalized spacial score (nSPS) is 10.7. The summed E-state index contributed by atoms with van der Waals surface area (Å²) < 4.78 is 1.78. The molecule has 0 fully saturated rings. The lowest BCUT2D eigenvalue weighted by molar-refractivity contribution is -0.384. The van der Waals surface area contributed by atoms with Gasteiger partial charge in [0, 0.05) is 49.2 Å². The lowest BCUT2D eigenvalue weighted by Crippen LogP contribution is -2.29. The third-order valence-corrected chi connectivity index (χ3v) is 4.41. The zero-order valence-electron chi connectivity index (χ0n) is 15.8. The summed E-state index contributed by atoms with van der Waals surface area (Å²) in [5, 5.41) is 27.9. The first-order valence-corrected chi connectivity index (χ1v) is 8.69. The van der Waals surface area contributed by atoms with Gasteiger partial charge in [0.1, 0.15) is 5.69 Å². The minimum Gasteiger partial charge on any atom is -0.383 e. The molecule has 0 aliphatic carbocycles. The van der Waals surface area contributed by atoms with Gasteiger partial charge in [-0.1, -0.05) is 0 Å². The Kier molecular flexibility index (Phi) is 5.39. The van der Waals surface area contributed by atoms with Crippen LogP contribution in [0.3, 0.4) is 0 Å². The molecule has 2 aromatic heterocycles. The first-order chi connectivity index (χ1) is 13.4. The molecule has 28 heavy (non-hydrogen) atoms. The molecule has 0 bridgehead atoms. The van der Waals surface area contributed by atoms with Crippen LogP contribution in [0, 0.1) is 24.0 Å². The molecular weight excluding hydrogens is 362 g/mol. The number of aromatic nitrogens is 4. The lowest BCUT2D eigenvalue weighted by Gasteiger charge is -2.07. The average molecular weight is 383 g/mol. The number of carbonyl (C=O) groups excluding carboxylic acids is 1.